The van der Waals surface area contributed by atoms with Gasteiger partial charge in [0.25, 0.3) is 5.91 Å². The molecule has 7 nitrogen and oxygen atoms in total. The molecule has 2 heterocycles. The SMILES string of the molecule is CCCN(C)Cc1ccc(C(=O)N2CC[C@H]3[C@H]2[C@@H](C(C)C)C(=O)N3S(C)(=O)=O)cc1.Cl. The lowest BCUT2D eigenvalue weighted by Crippen LogP contribution is -2.44. The normalized spacial score (nSPS) is 23.5. The third-order valence-electron chi connectivity index (χ3n) is 6.19. The van der Waals surface area contributed by atoms with E-state index in [0.29, 0.717) is 18.5 Å². The molecule has 0 spiro atoms. The molecular weight excluding hydrogens is 438 g/mol. The maximum atomic E-state index is 13.3. The van der Waals surface area contributed by atoms with Gasteiger partial charge in [0.15, 0.2) is 0 Å². The molecule has 0 N–H and O–H groups in total. The fourth-order valence-electron chi connectivity index (χ4n) is 4.96. The molecule has 2 aliphatic heterocycles. The van der Waals surface area contributed by atoms with E-state index < -0.39 is 28.0 Å². The van der Waals surface area contributed by atoms with Crippen molar-refractivity contribution in [2.24, 2.45) is 11.8 Å². The average Bonchev–Trinajstić information content (AvgIpc) is 3.17. The molecule has 2 fully saturated rings. The number of carbonyl (C=O) groups excluding carboxylic acids is 2. The lowest BCUT2D eigenvalue weighted by atomic mass is 9.88. The van der Waals surface area contributed by atoms with E-state index in [0.717, 1.165) is 35.6 Å². The summed E-state index contributed by atoms with van der Waals surface area (Å²) in [5, 5.41) is 0. The Morgan fingerprint density at radius 3 is 2.35 bits per heavy atom. The number of hydrogen-bond acceptors (Lipinski definition) is 5. The minimum atomic E-state index is -3.67. The van der Waals surface area contributed by atoms with Crippen LogP contribution in [0.25, 0.3) is 0 Å². The summed E-state index contributed by atoms with van der Waals surface area (Å²) in [5.74, 6) is -1.07. The van der Waals surface area contributed by atoms with E-state index in [-0.39, 0.29) is 30.1 Å². The first-order valence-corrected chi connectivity index (χ1v) is 12.5. The van der Waals surface area contributed by atoms with Crippen molar-refractivity contribution in [2.75, 3.05) is 26.4 Å². The number of fused-ring (bicyclic) bond motifs is 1. The van der Waals surface area contributed by atoms with Crippen molar-refractivity contribution in [2.45, 2.75) is 52.2 Å². The highest BCUT2D eigenvalue weighted by Gasteiger charge is 2.58. The summed E-state index contributed by atoms with van der Waals surface area (Å²) in [6, 6.07) is 6.73. The van der Waals surface area contributed by atoms with Crippen LogP contribution < -0.4 is 0 Å². The third-order valence-corrected chi connectivity index (χ3v) is 7.35. The zero-order valence-corrected chi connectivity index (χ0v) is 20.6. The van der Waals surface area contributed by atoms with Crippen molar-refractivity contribution < 1.29 is 18.0 Å². The van der Waals surface area contributed by atoms with Gasteiger partial charge in [0.2, 0.25) is 15.9 Å². The van der Waals surface area contributed by atoms with Crippen molar-refractivity contribution in [1.29, 1.82) is 0 Å². The number of carbonyl (C=O) groups is 2. The van der Waals surface area contributed by atoms with Crippen LogP contribution in [0.5, 0.6) is 0 Å². The highest BCUT2D eigenvalue weighted by atomic mass is 35.5. The van der Waals surface area contributed by atoms with Crippen LogP contribution in [0.1, 0.15) is 49.5 Å². The van der Waals surface area contributed by atoms with Crippen molar-refractivity contribution in [3.63, 3.8) is 0 Å². The Morgan fingerprint density at radius 2 is 1.84 bits per heavy atom. The highest BCUT2D eigenvalue weighted by Crippen LogP contribution is 2.41. The number of sulfonamides is 1. The van der Waals surface area contributed by atoms with Gasteiger partial charge in [-0.3, -0.25) is 9.59 Å². The van der Waals surface area contributed by atoms with Gasteiger partial charge in [-0.05, 0) is 50.0 Å². The fraction of sp³-hybridized carbons (Fsp3) is 0.636. The minimum absolute atomic E-state index is 0. The van der Waals surface area contributed by atoms with Crippen LogP contribution in [0, 0.1) is 11.8 Å². The van der Waals surface area contributed by atoms with Crippen LogP contribution in [0.2, 0.25) is 0 Å². The zero-order valence-electron chi connectivity index (χ0n) is 18.9. The Balaban J connectivity index is 0.00000341. The monoisotopic (exact) mass is 471 g/mol. The van der Waals surface area contributed by atoms with Crippen LogP contribution in [0.4, 0.5) is 0 Å². The Bertz CT molecular complexity index is 904. The van der Waals surface area contributed by atoms with Gasteiger partial charge in [-0.25, -0.2) is 12.7 Å². The van der Waals surface area contributed by atoms with Gasteiger partial charge in [-0.2, -0.15) is 0 Å². The molecule has 1 aromatic rings. The molecule has 31 heavy (non-hydrogen) atoms. The molecular formula is C22H34ClN3O4S. The quantitative estimate of drug-likeness (QED) is 0.610. The van der Waals surface area contributed by atoms with E-state index in [1.54, 1.807) is 4.90 Å². The summed E-state index contributed by atoms with van der Waals surface area (Å²) < 4.78 is 25.6. The Hall–Kier alpha value is -1.64. The predicted molar refractivity (Wildman–Crippen MR) is 124 cm³/mol. The van der Waals surface area contributed by atoms with E-state index in [2.05, 4.69) is 18.9 Å². The molecule has 0 unspecified atom stereocenters. The van der Waals surface area contributed by atoms with Crippen molar-refractivity contribution in [3.8, 4) is 0 Å². The number of rotatable bonds is 7. The number of benzene rings is 1. The van der Waals surface area contributed by atoms with Crippen LogP contribution in [-0.2, 0) is 21.4 Å². The largest absolute Gasteiger partial charge is 0.333 e. The van der Waals surface area contributed by atoms with Gasteiger partial charge in [0.1, 0.15) is 0 Å². The molecule has 0 saturated carbocycles. The molecule has 2 aliphatic rings. The summed E-state index contributed by atoms with van der Waals surface area (Å²) in [5.41, 5.74) is 1.71. The summed E-state index contributed by atoms with van der Waals surface area (Å²) in [6.07, 6.45) is 2.65. The Labute approximate surface area is 192 Å². The first-order valence-electron chi connectivity index (χ1n) is 10.7. The molecule has 3 rings (SSSR count). The Morgan fingerprint density at radius 1 is 1.23 bits per heavy atom. The molecule has 1 aromatic carbocycles. The van der Waals surface area contributed by atoms with Crippen LogP contribution in [0.15, 0.2) is 24.3 Å². The van der Waals surface area contributed by atoms with Gasteiger partial charge in [0, 0.05) is 18.7 Å². The highest BCUT2D eigenvalue weighted by molar-refractivity contribution is 7.88. The second-order valence-electron chi connectivity index (χ2n) is 8.95. The second-order valence-corrected chi connectivity index (χ2v) is 10.8. The molecule has 0 aromatic heterocycles. The molecule has 0 bridgehead atoms. The van der Waals surface area contributed by atoms with Gasteiger partial charge in [-0.1, -0.05) is 32.9 Å². The van der Waals surface area contributed by atoms with E-state index in [1.807, 2.05) is 38.1 Å². The number of likely N-dealkylation sites (tertiary alicyclic amines) is 1. The lowest BCUT2D eigenvalue weighted by Gasteiger charge is -2.29. The van der Waals surface area contributed by atoms with Crippen molar-refractivity contribution in [3.05, 3.63) is 35.4 Å². The first kappa shape index (κ1) is 25.6. The zero-order chi connectivity index (χ0) is 22.2. The minimum Gasteiger partial charge on any atom is -0.333 e. The predicted octanol–water partition coefficient (Wildman–Crippen LogP) is 2.61. The van der Waals surface area contributed by atoms with Crippen LogP contribution in [0.3, 0.4) is 0 Å². The average molecular weight is 472 g/mol. The van der Waals surface area contributed by atoms with Gasteiger partial charge in [0.05, 0.1) is 24.3 Å². The fourth-order valence-corrected chi connectivity index (χ4v) is 6.13. The maximum Gasteiger partial charge on any atom is 0.254 e. The lowest BCUT2D eigenvalue weighted by molar-refractivity contribution is -0.129. The molecule has 2 amide bonds. The first-order chi connectivity index (χ1) is 14.1. The van der Waals surface area contributed by atoms with Crippen LogP contribution >= 0.6 is 12.4 Å². The maximum absolute atomic E-state index is 13.3. The summed E-state index contributed by atoms with van der Waals surface area (Å²) in [6.45, 7) is 8.26. The Kier molecular flexibility index (Phi) is 8.16. The van der Waals surface area contributed by atoms with E-state index in [9.17, 15) is 18.0 Å². The summed E-state index contributed by atoms with van der Waals surface area (Å²) >= 11 is 0. The smallest absolute Gasteiger partial charge is 0.254 e. The van der Waals surface area contributed by atoms with E-state index in [4.69, 9.17) is 0 Å². The number of halogens is 1. The molecule has 174 valence electrons. The van der Waals surface area contributed by atoms with E-state index in [1.165, 1.54) is 0 Å². The number of hydrogen-bond donors (Lipinski definition) is 0. The molecule has 3 atom stereocenters. The standard InChI is InChI=1S/C22H33N3O4S.ClH/c1-6-12-23(4)14-16-7-9-17(10-8-16)21(26)24-13-11-18-20(24)19(15(2)3)22(27)25(18)30(5,28)29;/h7-10,15,18-20H,6,11-14H2,1-5H3;1H/t18-,19+,20-;/m0./s1. The number of amides is 2. The topological polar surface area (TPSA) is 78.0 Å². The molecule has 0 aliphatic carbocycles. The summed E-state index contributed by atoms with van der Waals surface area (Å²) in [4.78, 5) is 30.2. The van der Waals surface area contributed by atoms with Gasteiger partial charge >= 0.3 is 0 Å². The second kappa shape index (κ2) is 9.88. The molecule has 9 heteroatoms. The van der Waals surface area contributed by atoms with E-state index >= 15 is 0 Å². The van der Waals surface area contributed by atoms with Gasteiger partial charge in [-0.15, -0.1) is 12.4 Å². The van der Waals surface area contributed by atoms with Crippen molar-refractivity contribution in [1.82, 2.24) is 14.1 Å². The molecule has 2 saturated heterocycles. The third kappa shape index (κ3) is 5.07. The number of nitrogens with zero attached hydrogens (tertiary/aromatic N) is 3. The van der Waals surface area contributed by atoms with Crippen LogP contribution in [-0.4, -0.2) is 72.8 Å². The van der Waals surface area contributed by atoms with Crippen molar-refractivity contribution >= 4 is 34.2 Å². The van der Waals surface area contributed by atoms with Gasteiger partial charge < -0.3 is 9.80 Å². The summed E-state index contributed by atoms with van der Waals surface area (Å²) in [7, 11) is -1.59. The molecule has 0 radical (unpaired) electrons.